The zero-order valence-corrected chi connectivity index (χ0v) is 5.36. The number of rotatable bonds is 1. The molecular weight excluding hydrogens is 115 g/mol. The summed E-state index contributed by atoms with van der Waals surface area (Å²) in [5, 5.41) is 7.35. The van der Waals surface area contributed by atoms with Crippen molar-refractivity contribution in [2.45, 2.75) is 0 Å². The Bertz CT molecular complexity index is 53.3. The van der Waals surface area contributed by atoms with Crippen molar-refractivity contribution < 1.29 is 17.1 Å². The normalized spacial score (nSPS) is 6.17. The molecule has 0 fully saturated rings. The van der Waals surface area contributed by atoms with E-state index in [0.717, 1.165) is 0 Å². The van der Waals surface area contributed by atoms with Gasteiger partial charge >= 0.3 is 43.7 Å². The monoisotopic (exact) mass is 120 g/mol. The second-order valence-corrected chi connectivity index (χ2v) is 0.527. The maximum absolute atomic E-state index is 10.5. The maximum atomic E-state index is 10.5. The fraction of sp³-hybridized carbons (Fsp3) is 0.500. The Morgan fingerprint density at radius 1 is 2.00 bits per heavy atom. The van der Waals surface area contributed by atoms with E-state index in [0.29, 0.717) is 0 Å². The van der Waals surface area contributed by atoms with E-state index in [-0.39, 0.29) is 40.6 Å². The molecule has 0 aliphatic rings. The van der Waals surface area contributed by atoms with Gasteiger partial charge in [-0.05, 0) is 0 Å². The van der Waals surface area contributed by atoms with Gasteiger partial charge < -0.3 is 7.96 Å². The summed E-state index contributed by atoms with van der Waals surface area (Å²) in [6.07, 6.45) is 0. The summed E-state index contributed by atoms with van der Waals surface area (Å²) >= 11 is 0. The van der Waals surface area contributed by atoms with Gasteiger partial charge in [0.15, 0.2) is 6.67 Å². The molecule has 4 heteroatoms. The van der Waals surface area contributed by atoms with Crippen molar-refractivity contribution in [3.8, 4) is 0 Å². The van der Waals surface area contributed by atoms with Gasteiger partial charge in [0.1, 0.15) is 0 Å². The Labute approximate surface area is 67.3 Å². The summed E-state index contributed by atoms with van der Waals surface area (Å²) in [5.74, 6) is -1.41. The van der Waals surface area contributed by atoms with Crippen molar-refractivity contribution in [2.24, 2.45) is 0 Å². The first-order valence-electron chi connectivity index (χ1n) is 1.05. The van der Waals surface area contributed by atoms with Crippen molar-refractivity contribution in [1.82, 2.24) is 0 Å². The molecule has 0 bridgehead atoms. The van der Waals surface area contributed by atoms with Crippen molar-refractivity contribution in [3.63, 3.8) is 0 Å². The number of halogens is 1. The molecule has 34 valence electrons. The van der Waals surface area contributed by atoms with Crippen LogP contribution >= 0.6 is 0 Å². The molecule has 0 heterocycles. The molecule has 0 aromatic rings. The fourth-order valence-electron chi connectivity index (χ4n) is 0. The van der Waals surface area contributed by atoms with Gasteiger partial charge in [0.05, 0.1) is 0 Å². The smallest absolute Gasteiger partial charge is 1.00 e. The second-order valence-electron chi connectivity index (χ2n) is 0.527. The van der Waals surface area contributed by atoms with Crippen LogP contribution in [0.15, 0.2) is 0 Å². The van der Waals surface area contributed by atoms with Crippen LogP contribution in [0.5, 0.6) is 0 Å². The van der Waals surface area contributed by atoms with Gasteiger partial charge in [-0.15, -0.1) is 0 Å². The number of alkyl halides is 1. The topological polar surface area (TPSA) is 37.3 Å². The van der Waals surface area contributed by atoms with E-state index in [1.165, 1.54) is 0 Å². The van der Waals surface area contributed by atoms with Gasteiger partial charge in [-0.1, -0.05) is 0 Å². The maximum Gasteiger partial charge on any atom is 2.00 e. The summed E-state index contributed by atoms with van der Waals surface area (Å²) in [5.41, 5.74) is 0. The molecule has 0 aliphatic carbocycles. The molecular formula is C2H5CaFO2. The van der Waals surface area contributed by atoms with Crippen molar-refractivity contribution in [2.75, 3.05) is 6.67 Å². The van der Waals surface area contributed by atoms with E-state index in [1.807, 2.05) is 0 Å². The molecule has 0 unspecified atom stereocenters. The Morgan fingerprint density at radius 2 is 2.17 bits per heavy atom. The van der Waals surface area contributed by atoms with Crippen LogP contribution in [0, 0.1) is 0 Å². The minimum atomic E-state index is -1.41. The number of hydrogen-bond donors (Lipinski definition) is 1. The molecule has 0 spiro atoms. The summed E-state index contributed by atoms with van der Waals surface area (Å²) in [6, 6.07) is 0. The number of hydrogen-bond acceptors (Lipinski definition) is 1. The second kappa shape index (κ2) is 5.66. The minimum Gasteiger partial charge on any atom is -1.00 e. The zero-order valence-electron chi connectivity index (χ0n) is 5.15. The molecule has 2 nitrogen and oxygen atoms in total. The van der Waals surface area contributed by atoms with Crippen LogP contribution in [0.1, 0.15) is 2.85 Å². The van der Waals surface area contributed by atoms with Gasteiger partial charge in [-0.25, -0.2) is 9.18 Å². The average molecular weight is 120 g/mol. The van der Waals surface area contributed by atoms with Crippen LogP contribution in [0.3, 0.4) is 0 Å². The number of carboxylic acids is 1. The van der Waals surface area contributed by atoms with Gasteiger partial charge in [0.2, 0.25) is 0 Å². The van der Waals surface area contributed by atoms with Gasteiger partial charge in [-0.3, -0.25) is 0 Å². The van der Waals surface area contributed by atoms with Crippen molar-refractivity contribution in [1.29, 1.82) is 0 Å². The Morgan fingerprint density at radius 3 is 2.17 bits per heavy atom. The van der Waals surface area contributed by atoms with E-state index in [4.69, 9.17) is 9.90 Å². The quantitative estimate of drug-likeness (QED) is 0.490. The Balaban J connectivity index is -0.0000000267. The molecule has 0 aromatic carbocycles. The predicted octanol–water partition coefficient (Wildman–Crippen LogP) is -0.115. The van der Waals surface area contributed by atoms with Gasteiger partial charge in [0.25, 0.3) is 0 Å². The summed E-state index contributed by atoms with van der Waals surface area (Å²) < 4.78 is 10.5. The minimum absolute atomic E-state index is 0. The van der Waals surface area contributed by atoms with Crippen LogP contribution in [-0.4, -0.2) is 55.5 Å². The third-order valence-electron chi connectivity index (χ3n) is 0.114. The Kier molecular flexibility index (Phi) is 9.27. The largest absolute Gasteiger partial charge is 2.00 e. The average Bonchev–Trinajstić information content (AvgIpc) is 1.38. The van der Waals surface area contributed by atoms with E-state index in [2.05, 4.69) is 0 Å². The van der Waals surface area contributed by atoms with E-state index in [1.54, 1.807) is 0 Å². The van der Waals surface area contributed by atoms with Crippen LogP contribution in [0.25, 0.3) is 0 Å². The molecule has 0 saturated carbocycles. The van der Waals surface area contributed by atoms with Gasteiger partial charge in [0, 0.05) is 0 Å². The molecule has 0 amide bonds. The van der Waals surface area contributed by atoms with E-state index < -0.39 is 12.6 Å². The molecule has 1 N–H and O–H groups in total. The first kappa shape index (κ1) is 9.82. The zero-order chi connectivity index (χ0) is 4.28. The molecule has 0 rings (SSSR count). The molecule has 0 atom stereocenters. The summed E-state index contributed by atoms with van der Waals surface area (Å²) in [4.78, 5) is 8.99. The standard InChI is InChI=1S/C2H3FO2.Ca.2H/c3-1-2(4)5;;;/h1H2,(H,4,5);;;/q;+2;2*-1. The van der Waals surface area contributed by atoms with E-state index >= 15 is 0 Å². The summed E-state index contributed by atoms with van der Waals surface area (Å²) in [6.45, 7) is -1.28. The number of carbonyl (C=O) groups is 1. The first-order valence-corrected chi connectivity index (χ1v) is 1.05. The van der Waals surface area contributed by atoms with Gasteiger partial charge in [-0.2, -0.15) is 0 Å². The number of aliphatic carboxylic acids is 1. The summed E-state index contributed by atoms with van der Waals surface area (Å²) in [7, 11) is 0. The Hall–Kier alpha value is 0.660. The third kappa shape index (κ3) is 8.82. The van der Waals surface area contributed by atoms with Crippen LogP contribution in [0.2, 0.25) is 0 Å². The van der Waals surface area contributed by atoms with Crippen molar-refractivity contribution in [3.05, 3.63) is 0 Å². The first-order chi connectivity index (χ1) is 2.27. The van der Waals surface area contributed by atoms with Crippen LogP contribution in [0.4, 0.5) is 4.39 Å². The van der Waals surface area contributed by atoms with E-state index in [9.17, 15) is 4.39 Å². The molecule has 0 radical (unpaired) electrons. The molecule has 0 aromatic heterocycles. The van der Waals surface area contributed by atoms with Crippen LogP contribution in [-0.2, 0) is 4.79 Å². The molecule has 0 aliphatic heterocycles. The number of carboxylic acid groups (broad SMARTS) is 1. The molecule has 0 saturated heterocycles. The van der Waals surface area contributed by atoms with Crippen LogP contribution < -0.4 is 0 Å². The SMILES string of the molecule is O=C(O)CF.[Ca+2].[H-].[H-]. The molecule has 6 heavy (non-hydrogen) atoms. The fourth-order valence-corrected chi connectivity index (χ4v) is 0. The predicted molar refractivity (Wildman–Crippen MR) is 21.6 cm³/mol. The van der Waals surface area contributed by atoms with Crippen molar-refractivity contribution >= 4 is 43.7 Å². The third-order valence-corrected chi connectivity index (χ3v) is 0.114.